The van der Waals surface area contributed by atoms with Gasteiger partial charge in [0.1, 0.15) is 0 Å². The molecule has 0 radical (unpaired) electrons. The van der Waals surface area contributed by atoms with E-state index in [1.807, 2.05) is 0 Å². The number of fused-ring (bicyclic) bond motifs is 6. The van der Waals surface area contributed by atoms with Gasteiger partial charge in [-0.15, -0.1) is 0 Å². The van der Waals surface area contributed by atoms with Crippen molar-refractivity contribution in [3.8, 4) is 5.69 Å². The molecule has 0 amide bonds. The molecule has 8 rings (SSSR count). The first-order chi connectivity index (χ1) is 19.8. The molecule has 0 fully saturated rings. The Labute approximate surface area is 233 Å². The molecule has 0 N–H and O–H groups in total. The standard InChI is InChI=1S/C38H26N2/c1-3-14-30(15-4-1)39(32-21-19-27-11-7-8-13-29(27)25-32)33-22-24-36-35(26-33)38-34-18-10-9-12-28(34)20-23-37(38)40(36)31-16-5-2-6-17-31/h1-26H. The molecule has 2 nitrogen and oxygen atoms in total. The molecule has 0 bridgehead atoms. The smallest absolute Gasteiger partial charge is 0.0547 e. The quantitative estimate of drug-likeness (QED) is 0.229. The fourth-order valence-corrected chi connectivity index (χ4v) is 6.11. The molecule has 0 atom stereocenters. The van der Waals surface area contributed by atoms with Crippen LogP contribution in [0.3, 0.4) is 0 Å². The minimum absolute atomic E-state index is 1.13. The van der Waals surface area contributed by atoms with E-state index in [1.165, 1.54) is 49.0 Å². The van der Waals surface area contributed by atoms with E-state index >= 15 is 0 Å². The van der Waals surface area contributed by atoms with E-state index in [-0.39, 0.29) is 0 Å². The Balaban J connectivity index is 1.44. The van der Waals surface area contributed by atoms with Crippen molar-refractivity contribution in [3.05, 3.63) is 158 Å². The van der Waals surface area contributed by atoms with Crippen LogP contribution in [-0.4, -0.2) is 4.57 Å². The molecule has 40 heavy (non-hydrogen) atoms. The lowest BCUT2D eigenvalue weighted by Gasteiger charge is -2.26. The maximum atomic E-state index is 2.39. The highest BCUT2D eigenvalue weighted by Gasteiger charge is 2.18. The number of para-hydroxylation sites is 2. The van der Waals surface area contributed by atoms with Gasteiger partial charge in [0.05, 0.1) is 11.0 Å². The van der Waals surface area contributed by atoms with Gasteiger partial charge in [-0.25, -0.2) is 0 Å². The largest absolute Gasteiger partial charge is 0.310 e. The minimum Gasteiger partial charge on any atom is -0.310 e. The van der Waals surface area contributed by atoms with Crippen LogP contribution < -0.4 is 4.90 Å². The highest BCUT2D eigenvalue weighted by molar-refractivity contribution is 6.22. The van der Waals surface area contributed by atoms with Gasteiger partial charge in [0.25, 0.3) is 0 Å². The van der Waals surface area contributed by atoms with Crippen molar-refractivity contribution in [3.63, 3.8) is 0 Å². The van der Waals surface area contributed by atoms with Gasteiger partial charge in [0.15, 0.2) is 0 Å². The monoisotopic (exact) mass is 510 g/mol. The van der Waals surface area contributed by atoms with Crippen LogP contribution in [0, 0.1) is 0 Å². The van der Waals surface area contributed by atoms with E-state index in [2.05, 4.69) is 167 Å². The summed E-state index contributed by atoms with van der Waals surface area (Å²) in [5.74, 6) is 0. The summed E-state index contributed by atoms with van der Waals surface area (Å²) in [5.41, 5.74) is 6.99. The van der Waals surface area contributed by atoms with Crippen molar-refractivity contribution >= 4 is 60.4 Å². The molecule has 1 aromatic heterocycles. The normalized spacial score (nSPS) is 11.5. The second kappa shape index (κ2) is 9.14. The van der Waals surface area contributed by atoms with E-state index in [0.29, 0.717) is 0 Å². The molecule has 0 unspecified atom stereocenters. The third kappa shape index (κ3) is 3.58. The van der Waals surface area contributed by atoms with Crippen LogP contribution in [0.15, 0.2) is 158 Å². The van der Waals surface area contributed by atoms with Gasteiger partial charge >= 0.3 is 0 Å². The van der Waals surface area contributed by atoms with Crippen LogP contribution in [0.2, 0.25) is 0 Å². The summed E-state index contributed by atoms with van der Waals surface area (Å²) in [5, 5.41) is 7.52. The molecule has 188 valence electrons. The van der Waals surface area contributed by atoms with Crippen molar-refractivity contribution < 1.29 is 0 Å². The molecule has 0 aliphatic heterocycles. The van der Waals surface area contributed by atoms with Crippen molar-refractivity contribution in [2.75, 3.05) is 4.90 Å². The fraction of sp³-hybridized carbons (Fsp3) is 0. The van der Waals surface area contributed by atoms with Gasteiger partial charge in [-0.3, -0.25) is 0 Å². The van der Waals surface area contributed by atoms with Crippen molar-refractivity contribution in [2.24, 2.45) is 0 Å². The minimum atomic E-state index is 1.13. The zero-order chi connectivity index (χ0) is 26.5. The molecule has 1 heterocycles. The Bertz CT molecular complexity index is 2160. The number of rotatable bonds is 4. The number of anilines is 3. The topological polar surface area (TPSA) is 8.17 Å². The Morgan fingerprint density at radius 2 is 0.975 bits per heavy atom. The van der Waals surface area contributed by atoms with Crippen LogP contribution >= 0.6 is 0 Å². The Kier molecular flexibility index (Phi) is 5.17. The number of benzene rings is 7. The van der Waals surface area contributed by atoms with E-state index in [1.54, 1.807) is 0 Å². The third-order valence-electron chi connectivity index (χ3n) is 7.92. The molecule has 0 saturated carbocycles. The van der Waals surface area contributed by atoms with Gasteiger partial charge in [-0.05, 0) is 82.2 Å². The lowest BCUT2D eigenvalue weighted by Crippen LogP contribution is -2.09. The molecule has 0 saturated heterocycles. The van der Waals surface area contributed by atoms with Crippen LogP contribution in [0.5, 0.6) is 0 Å². The predicted molar refractivity (Wildman–Crippen MR) is 170 cm³/mol. The summed E-state index contributed by atoms with van der Waals surface area (Å²) in [4.78, 5) is 2.36. The predicted octanol–water partition coefficient (Wildman–Crippen LogP) is 10.6. The highest BCUT2D eigenvalue weighted by atomic mass is 15.1. The number of aromatic nitrogens is 1. The Morgan fingerprint density at radius 1 is 0.375 bits per heavy atom. The SMILES string of the molecule is c1ccc(N(c2ccc3ccccc3c2)c2ccc3c(c2)c2c4ccccc4ccc2n3-c2ccccc2)cc1. The lowest BCUT2D eigenvalue weighted by atomic mass is 10.0. The average molecular weight is 511 g/mol. The van der Waals surface area contributed by atoms with Crippen molar-refractivity contribution in [2.45, 2.75) is 0 Å². The maximum Gasteiger partial charge on any atom is 0.0547 e. The molecule has 0 aliphatic rings. The summed E-state index contributed by atoms with van der Waals surface area (Å²) in [7, 11) is 0. The van der Waals surface area contributed by atoms with Crippen LogP contribution in [-0.2, 0) is 0 Å². The van der Waals surface area contributed by atoms with Crippen molar-refractivity contribution in [1.29, 1.82) is 0 Å². The molecule has 7 aromatic carbocycles. The van der Waals surface area contributed by atoms with E-state index < -0.39 is 0 Å². The second-order valence-corrected chi connectivity index (χ2v) is 10.3. The summed E-state index contributed by atoms with van der Waals surface area (Å²) >= 11 is 0. The van der Waals surface area contributed by atoms with E-state index in [9.17, 15) is 0 Å². The Morgan fingerprint density at radius 3 is 1.80 bits per heavy atom. The van der Waals surface area contributed by atoms with Gasteiger partial charge in [0, 0.05) is 33.5 Å². The molecular formula is C38H26N2. The third-order valence-corrected chi connectivity index (χ3v) is 7.92. The zero-order valence-corrected chi connectivity index (χ0v) is 21.9. The zero-order valence-electron chi connectivity index (χ0n) is 21.9. The highest BCUT2D eigenvalue weighted by Crippen LogP contribution is 2.42. The maximum absolute atomic E-state index is 2.39. The summed E-state index contributed by atoms with van der Waals surface area (Å²) in [6.07, 6.45) is 0. The number of nitrogens with zero attached hydrogens (tertiary/aromatic N) is 2. The molecule has 2 heteroatoms. The first-order valence-electron chi connectivity index (χ1n) is 13.7. The lowest BCUT2D eigenvalue weighted by molar-refractivity contribution is 1.18. The van der Waals surface area contributed by atoms with Gasteiger partial charge in [-0.1, -0.05) is 97.1 Å². The second-order valence-electron chi connectivity index (χ2n) is 10.3. The molecule has 0 spiro atoms. The van der Waals surface area contributed by atoms with Gasteiger partial charge < -0.3 is 9.47 Å². The van der Waals surface area contributed by atoms with Crippen molar-refractivity contribution in [1.82, 2.24) is 4.57 Å². The average Bonchev–Trinajstić information content (AvgIpc) is 3.36. The molecular weight excluding hydrogens is 484 g/mol. The van der Waals surface area contributed by atoms with Gasteiger partial charge in [0.2, 0.25) is 0 Å². The fourth-order valence-electron chi connectivity index (χ4n) is 6.11. The first kappa shape index (κ1) is 22.6. The number of hydrogen-bond acceptors (Lipinski definition) is 1. The van der Waals surface area contributed by atoms with Crippen LogP contribution in [0.25, 0.3) is 49.0 Å². The van der Waals surface area contributed by atoms with E-state index in [0.717, 1.165) is 17.1 Å². The summed E-state index contributed by atoms with van der Waals surface area (Å²) in [6, 6.07) is 56.7. The van der Waals surface area contributed by atoms with Crippen LogP contribution in [0.1, 0.15) is 0 Å². The van der Waals surface area contributed by atoms with Gasteiger partial charge in [-0.2, -0.15) is 0 Å². The first-order valence-corrected chi connectivity index (χ1v) is 13.7. The summed E-state index contributed by atoms with van der Waals surface area (Å²) < 4.78 is 2.39. The molecule has 0 aliphatic carbocycles. The number of hydrogen-bond donors (Lipinski definition) is 0. The van der Waals surface area contributed by atoms with Crippen LogP contribution in [0.4, 0.5) is 17.1 Å². The Hall–Kier alpha value is -5.34. The molecule has 8 aromatic rings. The van der Waals surface area contributed by atoms with E-state index in [4.69, 9.17) is 0 Å². The summed E-state index contributed by atoms with van der Waals surface area (Å²) in [6.45, 7) is 0.